The van der Waals surface area contributed by atoms with Crippen molar-refractivity contribution in [2.45, 2.75) is 39.2 Å². The SMILES string of the molecule is Cc1ccc(C)n1C(CC(=O)O)C1CC1. The summed E-state index contributed by atoms with van der Waals surface area (Å²) < 4.78 is 2.19. The van der Waals surface area contributed by atoms with Crippen LogP contribution in [0.15, 0.2) is 12.1 Å². The van der Waals surface area contributed by atoms with Crippen molar-refractivity contribution in [2.24, 2.45) is 5.92 Å². The number of carboxylic acids is 1. The Morgan fingerprint density at radius 2 is 2.00 bits per heavy atom. The second-order valence-corrected chi connectivity index (χ2v) is 4.49. The van der Waals surface area contributed by atoms with E-state index < -0.39 is 5.97 Å². The lowest BCUT2D eigenvalue weighted by Gasteiger charge is -2.20. The quantitative estimate of drug-likeness (QED) is 0.824. The van der Waals surface area contributed by atoms with E-state index in [0.717, 1.165) is 0 Å². The molecule has 1 N–H and O–H groups in total. The van der Waals surface area contributed by atoms with Crippen LogP contribution in [-0.4, -0.2) is 15.6 Å². The maximum atomic E-state index is 10.8. The molecule has 1 aliphatic carbocycles. The number of aryl methyl sites for hydroxylation is 2. The highest BCUT2D eigenvalue weighted by molar-refractivity contribution is 5.67. The summed E-state index contributed by atoms with van der Waals surface area (Å²) in [5, 5.41) is 8.93. The molecule has 15 heavy (non-hydrogen) atoms. The third-order valence-electron chi connectivity index (χ3n) is 3.21. The van der Waals surface area contributed by atoms with Gasteiger partial charge in [-0.1, -0.05) is 0 Å². The van der Waals surface area contributed by atoms with Gasteiger partial charge in [-0.05, 0) is 44.7 Å². The van der Waals surface area contributed by atoms with Crippen molar-refractivity contribution in [1.82, 2.24) is 4.57 Å². The highest BCUT2D eigenvalue weighted by Gasteiger charge is 2.34. The van der Waals surface area contributed by atoms with Crippen LogP contribution in [0.1, 0.15) is 36.7 Å². The molecule has 0 aromatic carbocycles. The van der Waals surface area contributed by atoms with Gasteiger partial charge >= 0.3 is 5.97 Å². The molecule has 1 atom stereocenters. The molecule has 0 radical (unpaired) electrons. The molecule has 0 bridgehead atoms. The fraction of sp³-hybridized carbons (Fsp3) is 0.583. The Morgan fingerprint density at radius 3 is 2.40 bits per heavy atom. The number of hydrogen-bond acceptors (Lipinski definition) is 1. The van der Waals surface area contributed by atoms with Gasteiger partial charge < -0.3 is 9.67 Å². The number of rotatable bonds is 4. The zero-order valence-electron chi connectivity index (χ0n) is 9.23. The van der Waals surface area contributed by atoms with Gasteiger partial charge in [0.05, 0.1) is 6.42 Å². The lowest BCUT2D eigenvalue weighted by Crippen LogP contribution is -2.17. The minimum absolute atomic E-state index is 0.164. The Balaban J connectivity index is 2.27. The van der Waals surface area contributed by atoms with Gasteiger partial charge in [0.15, 0.2) is 0 Å². The first-order chi connectivity index (χ1) is 7.09. The van der Waals surface area contributed by atoms with Crippen LogP contribution >= 0.6 is 0 Å². The van der Waals surface area contributed by atoms with E-state index in [1.807, 2.05) is 13.8 Å². The van der Waals surface area contributed by atoms with Gasteiger partial charge in [0.1, 0.15) is 0 Å². The largest absolute Gasteiger partial charge is 0.481 e. The van der Waals surface area contributed by atoms with Crippen molar-refractivity contribution in [3.63, 3.8) is 0 Å². The molecule has 1 aliphatic rings. The van der Waals surface area contributed by atoms with Crippen LogP contribution in [-0.2, 0) is 4.79 Å². The van der Waals surface area contributed by atoms with E-state index in [1.165, 1.54) is 24.2 Å². The molecular weight excluding hydrogens is 190 g/mol. The Kier molecular flexibility index (Phi) is 2.55. The first-order valence-corrected chi connectivity index (χ1v) is 5.46. The maximum Gasteiger partial charge on any atom is 0.305 e. The number of aliphatic carboxylic acids is 1. The van der Waals surface area contributed by atoms with Gasteiger partial charge in [0, 0.05) is 17.4 Å². The van der Waals surface area contributed by atoms with Crippen molar-refractivity contribution in [3.05, 3.63) is 23.5 Å². The van der Waals surface area contributed by atoms with Gasteiger partial charge in [-0.2, -0.15) is 0 Å². The Hall–Kier alpha value is -1.25. The molecule has 1 aromatic heterocycles. The summed E-state index contributed by atoms with van der Waals surface area (Å²) in [5.74, 6) is -0.120. The summed E-state index contributed by atoms with van der Waals surface area (Å²) in [4.78, 5) is 10.8. The third kappa shape index (κ3) is 2.06. The number of hydrogen-bond donors (Lipinski definition) is 1. The Labute approximate surface area is 89.7 Å². The van der Waals surface area contributed by atoms with E-state index in [0.29, 0.717) is 5.92 Å². The minimum atomic E-state index is -0.695. The highest BCUT2D eigenvalue weighted by atomic mass is 16.4. The van der Waals surface area contributed by atoms with Crippen LogP contribution in [0.5, 0.6) is 0 Å². The molecule has 1 saturated carbocycles. The minimum Gasteiger partial charge on any atom is -0.481 e. The molecule has 1 heterocycles. The van der Waals surface area contributed by atoms with Gasteiger partial charge in [0.25, 0.3) is 0 Å². The van der Waals surface area contributed by atoms with Crippen molar-refractivity contribution >= 4 is 5.97 Å². The number of aromatic nitrogens is 1. The van der Waals surface area contributed by atoms with Crippen molar-refractivity contribution in [3.8, 4) is 0 Å². The molecule has 1 unspecified atom stereocenters. The van der Waals surface area contributed by atoms with E-state index in [-0.39, 0.29) is 12.5 Å². The summed E-state index contributed by atoms with van der Waals surface area (Å²) in [6.45, 7) is 4.09. The van der Waals surface area contributed by atoms with Crippen molar-refractivity contribution in [2.75, 3.05) is 0 Å². The first-order valence-electron chi connectivity index (χ1n) is 5.46. The fourth-order valence-corrected chi connectivity index (χ4v) is 2.33. The lowest BCUT2D eigenvalue weighted by atomic mass is 10.1. The van der Waals surface area contributed by atoms with Crippen LogP contribution in [0.4, 0.5) is 0 Å². The molecule has 1 fully saturated rings. The van der Waals surface area contributed by atoms with Gasteiger partial charge in [-0.25, -0.2) is 0 Å². The van der Waals surface area contributed by atoms with E-state index in [4.69, 9.17) is 5.11 Å². The standard InChI is InChI=1S/C12H17NO2/c1-8-3-4-9(2)13(8)11(7-12(14)15)10-5-6-10/h3-4,10-11H,5-7H2,1-2H3,(H,14,15). The summed E-state index contributed by atoms with van der Waals surface area (Å²) in [5.41, 5.74) is 2.34. The average molecular weight is 207 g/mol. The Bertz CT molecular complexity index is 357. The second kappa shape index (κ2) is 3.72. The third-order valence-corrected chi connectivity index (χ3v) is 3.21. The zero-order chi connectivity index (χ0) is 11.0. The van der Waals surface area contributed by atoms with Crippen molar-refractivity contribution < 1.29 is 9.90 Å². The molecule has 1 aromatic rings. The van der Waals surface area contributed by atoms with Crippen LogP contribution < -0.4 is 0 Å². The molecular formula is C12H17NO2. The topological polar surface area (TPSA) is 42.2 Å². The molecule has 0 spiro atoms. The summed E-state index contributed by atoms with van der Waals surface area (Å²) in [7, 11) is 0. The predicted molar refractivity (Wildman–Crippen MR) is 57.9 cm³/mol. The normalized spacial score (nSPS) is 17.7. The molecule has 2 rings (SSSR count). The van der Waals surface area contributed by atoms with Gasteiger partial charge in [-0.3, -0.25) is 4.79 Å². The van der Waals surface area contributed by atoms with Gasteiger partial charge in [0.2, 0.25) is 0 Å². The van der Waals surface area contributed by atoms with Crippen LogP contribution in [0.2, 0.25) is 0 Å². The zero-order valence-corrected chi connectivity index (χ0v) is 9.23. The molecule has 0 aliphatic heterocycles. The number of nitrogens with zero attached hydrogens (tertiary/aromatic N) is 1. The summed E-state index contributed by atoms with van der Waals surface area (Å²) in [6.07, 6.45) is 2.60. The van der Waals surface area contributed by atoms with Crippen molar-refractivity contribution in [1.29, 1.82) is 0 Å². The monoisotopic (exact) mass is 207 g/mol. The summed E-state index contributed by atoms with van der Waals surface area (Å²) >= 11 is 0. The lowest BCUT2D eigenvalue weighted by molar-refractivity contribution is -0.138. The molecule has 3 heteroatoms. The smallest absolute Gasteiger partial charge is 0.305 e. The maximum absolute atomic E-state index is 10.8. The second-order valence-electron chi connectivity index (χ2n) is 4.49. The van der Waals surface area contributed by atoms with Gasteiger partial charge in [-0.15, -0.1) is 0 Å². The van der Waals surface area contributed by atoms with E-state index >= 15 is 0 Å². The predicted octanol–water partition coefficient (Wildman–Crippen LogP) is 2.53. The van der Waals surface area contributed by atoms with Crippen LogP contribution in [0.25, 0.3) is 0 Å². The van der Waals surface area contributed by atoms with Crippen LogP contribution in [0.3, 0.4) is 0 Å². The molecule has 0 amide bonds. The number of carbonyl (C=O) groups is 1. The molecule has 0 saturated heterocycles. The first kappa shape index (κ1) is 10.3. The molecule has 82 valence electrons. The number of carboxylic acid groups (broad SMARTS) is 1. The highest BCUT2D eigenvalue weighted by Crippen LogP contribution is 2.42. The van der Waals surface area contributed by atoms with E-state index in [1.54, 1.807) is 0 Å². The van der Waals surface area contributed by atoms with E-state index in [9.17, 15) is 4.79 Å². The fourth-order valence-electron chi connectivity index (χ4n) is 2.33. The molecule has 3 nitrogen and oxygen atoms in total. The Morgan fingerprint density at radius 1 is 1.47 bits per heavy atom. The van der Waals surface area contributed by atoms with Crippen LogP contribution in [0, 0.1) is 19.8 Å². The summed E-state index contributed by atoms with van der Waals surface area (Å²) in [6, 6.07) is 4.29. The van der Waals surface area contributed by atoms with E-state index in [2.05, 4.69) is 16.7 Å². The average Bonchev–Trinajstić information content (AvgIpc) is 2.91.